The molecule has 0 aromatic rings. The zero-order valence-electron chi connectivity index (χ0n) is 12.3. The van der Waals surface area contributed by atoms with Crippen molar-refractivity contribution >= 4 is 6.03 Å². The second kappa shape index (κ2) is 7.73. The number of urea groups is 1. The molecule has 2 N–H and O–H groups in total. The van der Waals surface area contributed by atoms with Gasteiger partial charge in [-0.25, -0.2) is 4.79 Å². The maximum absolute atomic E-state index is 12.5. The summed E-state index contributed by atoms with van der Waals surface area (Å²) in [6.07, 6.45) is 9.44. The van der Waals surface area contributed by atoms with E-state index >= 15 is 0 Å². The number of hydrogen-bond donors (Lipinski definition) is 2. The molecule has 1 heterocycles. The van der Waals surface area contributed by atoms with Gasteiger partial charge in [0.1, 0.15) is 0 Å². The fraction of sp³-hybridized carbons (Fsp3) is 0.933. The van der Waals surface area contributed by atoms with Gasteiger partial charge in [0.25, 0.3) is 0 Å². The molecule has 1 aliphatic carbocycles. The minimum atomic E-state index is 0.181. The predicted molar refractivity (Wildman–Crippen MR) is 78.3 cm³/mol. The maximum atomic E-state index is 12.5. The van der Waals surface area contributed by atoms with Crippen LogP contribution in [0, 0.1) is 0 Å². The lowest BCUT2D eigenvalue weighted by atomic mass is 9.95. The molecule has 2 aliphatic rings. The Morgan fingerprint density at radius 1 is 1.16 bits per heavy atom. The topological polar surface area (TPSA) is 44.4 Å². The number of carbonyl (C=O) groups excluding carboxylic acids is 1. The van der Waals surface area contributed by atoms with E-state index in [2.05, 4.69) is 22.5 Å². The standard InChI is InChI=1S/C15H29N3O/c1-2-12-18(14-8-10-16-11-9-14)15(19)17-13-6-4-3-5-7-13/h13-14,16H,2-12H2,1H3,(H,17,19). The van der Waals surface area contributed by atoms with Crippen molar-refractivity contribution in [1.82, 2.24) is 15.5 Å². The van der Waals surface area contributed by atoms with Gasteiger partial charge in [0, 0.05) is 18.6 Å². The summed E-state index contributed by atoms with van der Waals surface area (Å²) < 4.78 is 0. The molecule has 1 saturated carbocycles. The zero-order chi connectivity index (χ0) is 13.5. The number of nitrogens with one attached hydrogen (secondary N) is 2. The van der Waals surface area contributed by atoms with Crippen molar-refractivity contribution in [3.8, 4) is 0 Å². The Labute approximate surface area is 117 Å². The van der Waals surface area contributed by atoms with E-state index in [4.69, 9.17) is 0 Å². The quantitative estimate of drug-likeness (QED) is 0.822. The molecular formula is C15H29N3O. The molecule has 110 valence electrons. The Morgan fingerprint density at radius 3 is 2.47 bits per heavy atom. The zero-order valence-corrected chi connectivity index (χ0v) is 12.3. The van der Waals surface area contributed by atoms with Gasteiger partial charge in [-0.15, -0.1) is 0 Å². The van der Waals surface area contributed by atoms with Crippen molar-refractivity contribution in [3.05, 3.63) is 0 Å². The fourth-order valence-electron chi connectivity index (χ4n) is 3.31. The summed E-state index contributed by atoms with van der Waals surface area (Å²) in [5.74, 6) is 0. The molecule has 1 aliphatic heterocycles. The molecule has 19 heavy (non-hydrogen) atoms. The van der Waals surface area contributed by atoms with E-state index in [9.17, 15) is 4.79 Å². The van der Waals surface area contributed by atoms with Gasteiger partial charge in [0.05, 0.1) is 0 Å². The average Bonchev–Trinajstić information content (AvgIpc) is 2.46. The monoisotopic (exact) mass is 267 g/mol. The first-order valence-corrected chi connectivity index (χ1v) is 8.09. The SMILES string of the molecule is CCCN(C(=O)NC1CCCCC1)C1CCNCC1. The van der Waals surface area contributed by atoms with E-state index in [1.807, 2.05) is 0 Å². The molecule has 2 rings (SSSR count). The van der Waals surface area contributed by atoms with E-state index < -0.39 is 0 Å². The highest BCUT2D eigenvalue weighted by atomic mass is 16.2. The van der Waals surface area contributed by atoms with Crippen molar-refractivity contribution in [1.29, 1.82) is 0 Å². The van der Waals surface area contributed by atoms with Gasteiger partial charge in [-0.3, -0.25) is 0 Å². The van der Waals surface area contributed by atoms with Crippen molar-refractivity contribution in [2.24, 2.45) is 0 Å². The lowest BCUT2D eigenvalue weighted by Gasteiger charge is -2.36. The normalized spacial score (nSPS) is 22.2. The van der Waals surface area contributed by atoms with E-state index in [1.54, 1.807) is 0 Å². The minimum Gasteiger partial charge on any atom is -0.335 e. The Bertz CT molecular complexity index is 271. The summed E-state index contributed by atoms with van der Waals surface area (Å²) in [5.41, 5.74) is 0. The van der Waals surface area contributed by atoms with Crippen LogP contribution in [0.15, 0.2) is 0 Å². The smallest absolute Gasteiger partial charge is 0.317 e. The number of rotatable bonds is 4. The number of amides is 2. The first kappa shape index (κ1) is 14.6. The predicted octanol–water partition coefficient (Wildman–Crippen LogP) is 2.49. The molecule has 4 heteroatoms. The largest absolute Gasteiger partial charge is 0.335 e. The van der Waals surface area contributed by atoms with Crippen LogP contribution in [-0.2, 0) is 0 Å². The van der Waals surface area contributed by atoms with Gasteiger partial charge in [-0.05, 0) is 45.2 Å². The summed E-state index contributed by atoms with van der Waals surface area (Å²) in [4.78, 5) is 14.6. The molecular weight excluding hydrogens is 238 g/mol. The van der Waals surface area contributed by atoms with E-state index in [1.165, 1.54) is 19.3 Å². The molecule has 0 bridgehead atoms. The summed E-state index contributed by atoms with van der Waals surface area (Å²) in [5, 5.41) is 6.64. The Hall–Kier alpha value is -0.770. The molecule has 0 unspecified atom stereocenters. The highest BCUT2D eigenvalue weighted by Crippen LogP contribution is 2.19. The second-order valence-corrected chi connectivity index (χ2v) is 5.96. The van der Waals surface area contributed by atoms with Gasteiger partial charge < -0.3 is 15.5 Å². The van der Waals surface area contributed by atoms with E-state index in [0.29, 0.717) is 12.1 Å². The second-order valence-electron chi connectivity index (χ2n) is 5.96. The molecule has 0 radical (unpaired) electrons. The summed E-state index contributed by atoms with van der Waals surface area (Å²) in [7, 11) is 0. The number of hydrogen-bond acceptors (Lipinski definition) is 2. The lowest BCUT2D eigenvalue weighted by molar-refractivity contribution is 0.153. The van der Waals surface area contributed by atoms with Crippen LogP contribution >= 0.6 is 0 Å². The number of piperidine rings is 1. The molecule has 2 fully saturated rings. The van der Waals surface area contributed by atoms with Crippen LogP contribution in [0.25, 0.3) is 0 Å². The average molecular weight is 267 g/mol. The maximum Gasteiger partial charge on any atom is 0.317 e. The van der Waals surface area contributed by atoms with Gasteiger partial charge in [-0.2, -0.15) is 0 Å². The van der Waals surface area contributed by atoms with Crippen LogP contribution in [0.5, 0.6) is 0 Å². The van der Waals surface area contributed by atoms with Crippen molar-refractivity contribution < 1.29 is 4.79 Å². The van der Waals surface area contributed by atoms with Crippen molar-refractivity contribution in [2.45, 2.75) is 70.4 Å². The van der Waals surface area contributed by atoms with Crippen LogP contribution in [0.4, 0.5) is 4.79 Å². The van der Waals surface area contributed by atoms with Crippen LogP contribution in [0.1, 0.15) is 58.3 Å². The van der Waals surface area contributed by atoms with E-state index in [0.717, 1.165) is 51.7 Å². The highest BCUT2D eigenvalue weighted by molar-refractivity contribution is 5.75. The Balaban J connectivity index is 1.87. The van der Waals surface area contributed by atoms with Gasteiger partial charge in [0.15, 0.2) is 0 Å². The Morgan fingerprint density at radius 2 is 1.84 bits per heavy atom. The molecule has 0 spiro atoms. The van der Waals surface area contributed by atoms with Gasteiger partial charge in [-0.1, -0.05) is 26.2 Å². The van der Waals surface area contributed by atoms with E-state index in [-0.39, 0.29) is 6.03 Å². The Kier molecular flexibility index (Phi) is 5.95. The van der Waals surface area contributed by atoms with Crippen molar-refractivity contribution in [3.63, 3.8) is 0 Å². The summed E-state index contributed by atoms with van der Waals surface area (Å²) in [6, 6.07) is 1.03. The third kappa shape index (κ3) is 4.37. The highest BCUT2D eigenvalue weighted by Gasteiger charge is 2.26. The molecule has 0 aromatic heterocycles. The third-order valence-corrected chi connectivity index (χ3v) is 4.41. The van der Waals surface area contributed by atoms with Crippen LogP contribution in [-0.4, -0.2) is 42.6 Å². The molecule has 2 amide bonds. The van der Waals surface area contributed by atoms with Crippen LogP contribution < -0.4 is 10.6 Å². The molecule has 1 saturated heterocycles. The first-order chi connectivity index (χ1) is 9.31. The third-order valence-electron chi connectivity index (χ3n) is 4.41. The molecule has 0 aromatic carbocycles. The van der Waals surface area contributed by atoms with Crippen LogP contribution in [0.2, 0.25) is 0 Å². The number of carbonyl (C=O) groups is 1. The summed E-state index contributed by atoms with van der Waals surface area (Å²) >= 11 is 0. The molecule has 0 atom stereocenters. The van der Waals surface area contributed by atoms with Gasteiger partial charge >= 0.3 is 6.03 Å². The molecule has 4 nitrogen and oxygen atoms in total. The lowest BCUT2D eigenvalue weighted by Crippen LogP contribution is -2.52. The fourth-order valence-corrected chi connectivity index (χ4v) is 3.31. The number of nitrogens with zero attached hydrogens (tertiary/aromatic N) is 1. The van der Waals surface area contributed by atoms with Crippen molar-refractivity contribution in [2.75, 3.05) is 19.6 Å². The van der Waals surface area contributed by atoms with Crippen LogP contribution in [0.3, 0.4) is 0 Å². The minimum absolute atomic E-state index is 0.181. The van der Waals surface area contributed by atoms with Gasteiger partial charge in [0.2, 0.25) is 0 Å². The summed E-state index contributed by atoms with van der Waals surface area (Å²) in [6.45, 7) is 5.13. The first-order valence-electron chi connectivity index (χ1n) is 8.09.